The smallest absolute Gasteiger partial charge is 0.262 e. The quantitative estimate of drug-likeness (QED) is 0.821. The number of nitrogens with zero attached hydrogens (tertiary/aromatic N) is 3. The molecular weight excluding hydrogens is 384 g/mol. The number of thiophene rings is 1. The van der Waals surface area contributed by atoms with Crippen molar-refractivity contribution in [2.45, 2.75) is 78.8 Å². The van der Waals surface area contributed by atoms with Crippen molar-refractivity contribution >= 4 is 27.5 Å². The molecule has 2 aromatic heterocycles. The fraction of sp³-hybridized carbons (Fsp3) is 0.682. The fourth-order valence-corrected chi connectivity index (χ4v) is 5.16. The molecule has 0 saturated carbocycles. The molecule has 1 N–H and O–H groups in total. The highest BCUT2D eigenvalue weighted by Crippen LogP contribution is 2.30. The predicted molar refractivity (Wildman–Crippen MR) is 120 cm³/mol. The van der Waals surface area contributed by atoms with Crippen LogP contribution >= 0.6 is 11.3 Å². The molecule has 0 spiro atoms. The van der Waals surface area contributed by atoms with E-state index in [-0.39, 0.29) is 29.0 Å². The monoisotopic (exact) mass is 418 g/mol. The first kappa shape index (κ1) is 22.0. The normalized spacial score (nSPS) is 18.6. The van der Waals surface area contributed by atoms with E-state index in [1.54, 1.807) is 11.3 Å². The lowest BCUT2D eigenvalue weighted by molar-refractivity contribution is -0.124. The third kappa shape index (κ3) is 4.72. The lowest BCUT2D eigenvalue weighted by Crippen LogP contribution is -2.49. The molecular formula is C22H34N4O2S. The Kier molecular flexibility index (Phi) is 6.20. The molecule has 3 heterocycles. The van der Waals surface area contributed by atoms with Gasteiger partial charge < -0.3 is 5.32 Å². The lowest BCUT2D eigenvalue weighted by Gasteiger charge is -2.35. The molecule has 1 aliphatic rings. The number of hydrogen-bond acceptors (Lipinski definition) is 5. The zero-order valence-electron chi connectivity index (χ0n) is 18.8. The van der Waals surface area contributed by atoms with Crippen LogP contribution in [0, 0.1) is 13.8 Å². The van der Waals surface area contributed by atoms with Crippen molar-refractivity contribution in [2.75, 3.05) is 19.6 Å². The Morgan fingerprint density at radius 3 is 2.62 bits per heavy atom. The van der Waals surface area contributed by atoms with E-state index in [2.05, 4.69) is 31.0 Å². The Hall–Kier alpha value is -1.73. The van der Waals surface area contributed by atoms with Crippen molar-refractivity contribution < 1.29 is 4.79 Å². The Labute approximate surface area is 177 Å². The van der Waals surface area contributed by atoms with Gasteiger partial charge in [0.15, 0.2) is 0 Å². The second kappa shape index (κ2) is 8.19. The van der Waals surface area contributed by atoms with Gasteiger partial charge in [-0.1, -0.05) is 13.8 Å². The summed E-state index contributed by atoms with van der Waals surface area (Å²) in [6.07, 6.45) is 1.91. The number of amides is 1. The molecule has 3 rings (SSSR count). The minimum atomic E-state index is -0.239. The van der Waals surface area contributed by atoms with Gasteiger partial charge in [0.05, 0.1) is 18.0 Å². The number of likely N-dealkylation sites (tertiary alicyclic amines) is 1. The van der Waals surface area contributed by atoms with Crippen LogP contribution in [0.1, 0.15) is 75.7 Å². The van der Waals surface area contributed by atoms with Crippen LogP contribution in [0.15, 0.2) is 4.79 Å². The number of rotatable bonds is 4. The van der Waals surface area contributed by atoms with Crippen molar-refractivity contribution in [3.63, 3.8) is 0 Å². The molecule has 6 nitrogen and oxygen atoms in total. The largest absolute Gasteiger partial charge is 0.350 e. The second-order valence-electron chi connectivity index (χ2n) is 9.59. The van der Waals surface area contributed by atoms with Crippen LogP contribution in [0.25, 0.3) is 10.2 Å². The van der Waals surface area contributed by atoms with E-state index < -0.39 is 0 Å². The number of hydrogen-bond donors (Lipinski definition) is 1. The highest BCUT2D eigenvalue weighted by molar-refractivity contribution is 7.18. The highest BCUT2D eigenvalue weighted by Gasteiger charge is 2.28. The molecule has 7 heteroatoms. The fourth-order valence-electron chi connectivity index (χ4n) is 4.13. The number of nitrogens with one attached hydrogen (secondary N) is 1. The maximum Gasteiger partial charge on any atom is 0.262 e. The van der Waals surface area contributed by atoms with Gasteiger partial charge in [-0.25, -0.2) is 4.98 Å². The standard InChI is InChI=1S/C22H34N4O2S/c1-13(2)19-23-20-18(14(3)15(4)29-20)21(28)26(19)16-9-8-10-25(11-16)12-17(27)24-22(5,6)7/h13,16H,8-12H2,1-7H3,(H,24,27)/t16-/m0/s1. The SMILES string of the molecule is Cc1sc2nc(C(C)C)n([C@H]3CCCN(CC(=O)NC(C)(C)C)C3)c(=O)c2c1C. The van der Waals surface area contributed by atoms with Crippen LogP contribution in [0.5, 0.6) is 0 Å². The van der Waals surface area contributed by atoms with Gasteiger partial charge >= 0.3 is 0 Å². The number of carbonyl (C=O) groups is 1. The summed E-state index contributed by atoms with van der Waals surface area (Å²) in [5, 5.41) is 3.80. The third-order valence-corrected chi connectivity index (χ3v) is 6.61. The van der Waals surface area contributed by atoms with Crippen LogP contribution in [-0.2, 0) is 4.79 Å². The van der Waals surface area contributed by atoms with E-state index in [0.29, 0.717) is 13.1 Å². The number of carbonyl (C=O) groups excluding carboxylic acids is 1. The molecule has 1 amide bonds. The van der Waals surface area contributed by atoms with Gasteiger partial charge in [0, 0.05) is 22.9 Å². The van der Waals surface area contributed by atoms with Gasteiger partial charge in [-0.3, -0.25) is 19.1 Å². The summed E-state index contributed by atoms with van der Waals surface area (Å²) in [4.78, 5) is 35.0. The summed E-state index contributed by atoms with van der Waals surface area (Å²) in [6, 6.07) is 0.0487. The molecule has 1 aliphatic heterocycles. The molecule has 0 unspecified atom stereocenters. The average molecular weight is 419 g/mol. The molecule has 0 bridgehead atoms. The van der Waals surface area contributed by atoms with Gasteiger partial charge in [0.1, 0.15) is 10.7 Å². The molecule has 160 valence electrons. The first-order chi connectivity index (χ1) is 13.5. The Morgan fingerprint density at radius 2 is 2.00 bits per heavy atom. The van der Waals surface area contributed by atoms with Crippen molar-refractivity contribution in [3.05, 3.63) is 26.6 Å². The maximum absolute atomic E-state index is 13.5. The minimum absolute atomic E-state index is 0.0347. The Morgan fingerprint density at radius 1 is 1.31 bits per heavy atom. The van der Waals surface area contributed by atoms with Gasteiger partial charge in [-0.2, -0.15) is 0 Å². The average Bonchev–Trinajstić information content (AvgIpc) is 2.87. The molecule has 2 aromatic rings. The maximum atomic E-state index is 13.5. The van der Waals surface area contributed by atoms with Crippen molar-refractivity contribution in [2.24, 2.45) is 0 Å². The molecule has 1 atom stereocenters. The number of aryl methyl sites for hydroxylation is 2. The minimum Gasteiger partial charge on any atom is -0.350 e. The van der Waals surface area contributed by atoms with Crippen LogP contribution in [0.2, 0.25) is 0 Å². The number of piperidine rings is 1. The van der Waals surface area contributed by atoms with E-state index in [0.717, 1.165) is 45.9 Å². The molecule has 29 heavy (non-hydrogen) atoms. The third-order valence-electron chi connectivity index (χ3n) is 5.51. The zero-order chi connectivity index (χ0) is 21.5. The lowest BCUT2D eigenvalue weighted by atomic mass is 10.0. The Balaban J connectivity index is 1.94. The molecule has 0 aromatic carbocycles. The zero-order valence-corrected chi connectivity index (χ0v) is 19.6. The number of fused-ring (bicyclic) bond motifs is 1. The van der Waals surface area contributed by atoms with Crippen LogP contribution in [0.3, 0.4) is 0 Å². The van der Waals surface area contributed by atoms with Crippen molar-refractivity contribution in [3.8, 4) is 0 Å². The summed E-state index contributed by atoms with van der Waals surface area (Å²) in [7, 11) is 0. The van der Waals surface area contributed by atoms with Crippen molar-refractivity contribution in [1.29, 1.82) is 0 Å². The van der Waals surface area contributed by atoms with E-state index in [1.807, 2.05) is 32.3 Å². The summed E-state index contributed by atoms with van der Waals surface area (Å²) in [5.41, 5.74) is 0.882. The molecule has 1 saturated heterocycles. The van der Waals surface area contributed by atoms with E-state index in [9.17, 15) is 9.59 Å². The summed E-state index contributed by atoms with van der Waals surface area (Å²) >= 11 is 1.61. The first-order valence-electron chi connectivity index (χ1n) is 10.5. The summed E-state index contributed by atoms with van der Waals surface area (Å²) < 4.78 is 1.93. The molecule has 0 radical (unpaired) electrons. The summed E-state index contributed by atoms with van der Waals surface area (Å²) in [6.45, 7) is 16.2. The van der Waals surface area contributed by atoms with E-state index >= 15 is 0 Å². The van der Waals surface area contributed by atoms with E-state index in [4.69, 9.17) is 4.98 Å². The van der Waals surface area contributed by atoms with E-state index in [1.165, 1.54) is 0 Å². The summed E-state index contributed by atoms with van der Waals surface area (Å²) in [5.74, 6) is 1.05. The highest BCUT2D eigenvalue weighted by atomic mass is 32.1. The van der Waals surface area contributed by atoms with Crippen LogP contribution in [-0.4, -0.2) is 45.5 Å². The molecule has 0 aliphatic carbocycles. The van der Waals surface area contributed by atoms with Crippen molar-refractivity contribution in [1.82, 2.24) is 19.8 Å². The van der Waals surface area contributed by atoms with Gasteiger partial charge in [0.25, 0.3) is 5.56 Å². The second-order valence-corrected chi connectivity index (χ2v) is 10.8. The van der Waals surface area contributed by atoms with Gasteiger partial charge in [-0.05, 0) is 59.6 Å². The predicted octanol–water partition coefficient (Wildman–Crippen LogP) is 3.75. The Bertz CT molecular complexity index is 968. The first-order valence-corrected chi connectivity index (χ1v) is 11.3. The number of aromatic nitrogens is 2. The van der Waals surface area contributed by atoms with Crippen LogP contribution in [0.4, 0.5) is 0 Å². The topological polar surface area (TPSA) is 67.2 Å². The molecule has 1 fully saturated rings. The van der Waals surface area contributed by atoms with Gasteiger partial charge in [0.2, 0.25) is 5.91 Å². The van der Waals surface area contributed by atoms with Gasteiger partial charge in [-0.15, -0.1) is 11.3 Å². The van der Waals surface area contributed by atoms with Crippen LogP contribution < -0.4 is 10.9 Å².